The number of likely N-dealkylation sites (tertiary alicyclic amines) is 1. The van der Waals surface area contributed by atoms with E-state index < -0.39 is 11.9 Å². The Morgan fingerprint density at radius 2 is 2.00 bits per heavy atom. The number of carboxylic acids is 1. The van der Waals surface area contributed by atoms with Gasteiger partial charge in [-0.3, -0.25) is 9.59 Å². The molecular weight excluding hydrogens is 306 g/mol. The molecule has 2 unspecified atom stereocenters. The maximum Gasteiger partial charge on any atom is 0.308 e. The lowest BCUT2D eigenvalue weighted by atomic mass is 9.93. The van der Waals surface area contributed by atoms with Crippen LogP contribution in [0.5, 0.6) is 0 Å². The number of amides is 1. The van der Waals surface area contributed by atoms with Crippen molar-refractivity contribution in [1.29, 1.82) is 0 Å². The fourth-order valence-electron chi connectivity index (χ4n) is 3.10. The lowest BCUT2D eigenvalue weighted by Gasteiger charge is -2.36. The normalized spacial score (nSPS) is 20.8. The molecule has 0 bridgehead atoms. The van der Waals surface area contributed by atoms with Gasteiger partial charge in [-0.1, -0.05) is 12.1 Å². The summed E-state index contributed by atoms with van der Waals surface area (Å²) in [5, 5.41) is 9.21. The minimum absolute atomic E-state index is 0.0683. The highest BCUT2D eigenvalue weighted by atomic mass is 16.4. The van der Waals surface area contributed by atoms with Crippen LogP contribution in [-0.2, 0) is 11.3 Å². The molecule has 1 aliphatic heterocycles. The van der Waals surface area contributed by atoms with E-state index in [2.05, 4.69) is 4.98 Å². The zero-order chi connectivity index (χ0) is 17.1. The molecule has 1 aliphatic rings. The smallest absolute Gasteiger partial charge is 0.308 e. The molecule has 0 aliphatic carbocycles. The van der Waals surface area contributed by atoms with Crippen LogP contribution in [0.1, 0.15) is 35.7 Å². The van der Waals surface area contributed by atoms with Crippen molar-refractivity contribution in [1.82, 2.24) is 14.5 Å². The molecule has 1 saturated heterocycles. The second-order valence-corrected chi connectivity index (χ2v) is 6.35. The van der Waals surface area contributed by atoms with Gasteiger partial charge in [0.05, 0.1) is 12.2 Å². The maximum absolute atomic E-state index is 12.7. The van der Waals surface area contributed by atoms with Gasteiger partial charge in [0.15, 0.2) is 0 Å². The number of rotatable bonds is 4. The molecule has 1 N–H and O–H groups in total. The molecule has 1 amide bonds. The van der Waals surface area contributed by atoms with Crippen LogP contribution < -0.4 is 0 Å². The standard InChI is InChI=1S/C18H21N3O3/c1-13-2-5-16(18(23)24)11-21(13)17(22)15-6-3-14(4-7-15)10-20-9-8-19-12-20/h3-4,6-9,12-13,16H,2,5,10-11H2,1H3,(H,23,24). The third-order valence-electron chi connectivity index (χ3n) is 4.62. The Hall–Kier alpha value is -2.63. The summed E-state index contributed by atoms with van der Waals surface area (Å²) >= 11 is 0. The number of carboxylic acid groups (broad SMARTS) is 1. The van der Waals surface area contributed by atoms with E-state index in [9.17, 15) is 14.7 Å². The van der Waals surface area contributed by atoms with E-state index >= 15 is 0 Å². The van der Waals surface area contributed by atoms with Crippen molar-refractivity contribution in [2.75, 3.05) is 6.54 Å². The van der Waals surface area contributed by atoms with E-state index in [1.807, 2.05) is 42.0 Å². The number of carbonyl (C=O) groups excluding carboxylic acids is 1. The number of piperidine rings is 1. The first-order chi connectivity index (χ1) is 11.5. The van der Waals surface area contributed by atoms with E-state index in [1.165, 1.54) is 0 Å². The van der Waals surface area contributed by atoms with Crippen molar-refractivity contribution in [3.8, 4) is 0 Å². The van der Waals surface area contributed by atoms with Gasteiger partial charge in [0.25, 0.3) is 5.91 Å². The molecule has 3 rings (SSSR count). The average Bonchev–Trinajstić information content (AvgIpc) is 3.08. The molecule has 1 aromatic heterocycles. The fourth-order valence-corrected chi connectivity index (χ4v) is 3.10. The first-order valence-electron chi connectivity index (χ1n) is 8.13. The van der Waals surface area contributed by atoms with E-state index in [-0.39, 0.29) is 18.5 Å². The van der Waals surface area contributed by atoms with Crippen LogP contribution in [0.15, 0.2) is 43.0 Å². The van der Waals surface area contributed by atoms with Crippen molar-refractivity contribution < 1.29 is 14.7 Å². The fraction of sp³-hybridized carbons (Fsp3) is 0.389. The molecule has 1 aromatic carbocycles. The Kier molecular flexibility index (Phi) is 4.64. The molecule has 2 atom stereocenters. The second-order valence-electron chi connectivity index (χ2n) is 6.35. The van der Waals surface area contributed by atoms with Crippen LogP contribution in [0.3, 0.4) is 0 Å². The van der Waals surface area contributed by atoms with Crippen molar-refractivity contribution in [3.05, 3.63) is 54.1 Å². The molecule has 24 heavy (non-hydrogen) atoms. The Bertz CT molecular complexity index is 710. The summed E-state index contributed by atoms with van der Waals surface area (Å²) in [6.45, 7) is 2.96. The lowest BCUT2D eigenvalue weighted by Crippen LogP contribution is -2.47. The van der Waals surface area contributed by atoms with Gasteiger partial charge in [-0.25, -0.2) is 4.98 Å². The third-order valence-corrected chi connectivity index (χ3v) is 4.62. The van der Waals surface area contributed by atoms with Gasteiger partial charge >= 0.3 is 5.97 Å². The second kappa shape index (κ2) is 6.86. The highest BCUT2D eigenvalue weighted by Gasteiger charge is 2.32. The molecule has 0 radical (unpaired) electrons. The summed E-state index contributed by atoms with van der Waals surface area (Å²) in [6, 6.07) is 7.54. The molecule has 2 aromatic rings. The number of hydrogen-bond donors (Lipinski definition) is 1. The number of carbonyl (C=O) groups is 2. The zero-order valence-electron chi connectivity index (χ0n) is 13.6. The van der Waals surface area contributed by atoms with Crippen LogP contribution in [-0.4, -0.2) is 44.0 Å². The molecular formula is C18H21N3O3. The Morgan fingerprint density at radius 3 is 2.62 bits per heavy atom. The first-order valence-corrected chi connectivity index (χ1v) is 8.13. The number of aromatic nitrogens is 2. The molecule has 0 saturated carbocycles. The summed E-state index contributed by atoms with van der Waals surface area (Å²) in [5.74, 6) is -1.39. The van der Waals surface area contributed by atoms with Gasteiger partial charge in [-0.2, -0.15) is 0 Å². The highest BCUT2D eigenvalue weighted by Crippen LogP contribution is 2.24. The van der Waals surface area contributed by atoms with Crippen molar-refractivity contribution in [2.24, 2.45) is 5.92 Å². The SMILES string of the molecule is CC1CCC(C(=O)O)CN1C(=O)c1ccc(Cn2ccnc2)cc1. The summed E-state index contributed by atoms with van der Waals surface area (Å²) in [7, 11) is 0. The number of nitrogens with zero attached hydrogens (tertiary/aromatic N) is 3. The summed E-state index contributed by atoms with van der Waals surface area (Å²) < 4.78 is 1.96. The maximum atomic E-state index is 12.7. The largest absolute Gasteiger partial charge is 0.481 e. The molecule has 126 valence electrons. The number of aliphatic carboxylic acids is 1. The van der Waals surface area contributed by atoms with E-state index in [0.717, 1.165) is 12.0 Å². The molecule has 6 heteroatoms. The Morgan fingerprint density at radius 1 is 1.25 bits per heavy atom. The van der Waals surface area contributed by atoms with Crippen molar-refractivity contribution in [2.45, 2.75) is 32.4 Å². The van der Waals surface area contributed by atoms with Gasteiger partial charge in [0.1, 0.15) is 0 Å². The Labute approximate surface area is 140 Å². The predicted octanol–water partition coefficient (Wildman–Crippen LogP) is 2.26. The molecule has 0 spiro atoms. The lowest BCUT2D eigenvalue weighted by molar-refractivity contribution is -0.143. The van der Waals surface area contributed by atoms with Gasteiger partial charge in [-0.05, 0) is 37.5 Å². The molecule has 6 nitrogen and oxygen atoms in total. The number of imidazole rings is 1. The van der Waals surface area contributed by atoms with Crippen molar-refractivity contribution in [3.63, 3.8) is 0 Å². The zero-order valence-corrected chi connectivity index (χ0v) is 13.6. The van der Waals surface area contributed by atoms with Gasteiger partial charge < -0.3 is 14.6 Å². The summed E-state index contributed by atoms with van der Waals surface area (Å²) in [4.78, 5) is 29.6. The monoisotopic (exact) mass is 327 g/mol. The van der Waals surface area contributed by atoms with E-state index in [1.54, 1.807) is 17.4 Å². The number of benzene rings is 1. The van der Waals surface area contributed by atoms with Crippen molar-refractivity contribution >= 4 is 11.9 Å². The van der Waals surface area contributed by atoms with Gasteiger partial charge in [0.2, 0.25) is 0 Å². The van der Waals surface area contributed by atoms with Gasteiger partial charge in [0, 0.05) is 37.1 Å². The predicted molar refractivity (Wildman–Crippen MR) is 88.6 cm³/mol. The summed E-state index contributed by atoms with van der Waals surface area (Å²) in [5.41, 5.74) is 1.68. The minimum atomic E-state index is -0.824. The topological polar surface area (TPSA) is 75.4 Å². The quantitative estimate of drug-likeness (QED) is 0.934. The highest BCUT2D eigenvalue weighted by molar-refractivity contribution is 5.94. The van der Waals surface area contributed by atoms with Gasteiger partial charge in [-0.15, -0.1) is 0 Å². The van der Waals surface area contributed by atoms with E-state index in [4.69, 9.17) is 0 Å². The van der Waals surface area contributed by atoms with Crippen LogP contribution in [0.25, 0.3) is 0 Å². The number of hydrogen-bond acceptors (Lipinski definition) is 3. The van der Waals surface area contributed by atoms with Crippen LogP contribution in [0.2, 0.25) is 0 Å². The Balaban J connectivity index is 1.70. The van der Waals surface area contributed by atoms with Crippen LogP contribution in [0.4, 0.5) is 0 Å². The summed E-state index contributed by atoms with van der Waals surface area (Å²) in [6.07, 6.45) is 6.72. The minimum Gasteiger partial charge on any atom is -0.481 e. The average molecular weight is 327 g/mol. The van der Waals surface area contributed by atoms with Crippen LogP contribution >= 0.6 is 0 Å². The van der Waals surface area contributed by atoms with Crippen LogP contribution in [0, 0.1) is 5.92 Å². The van der Waals surface area contributed by atoms with E-state index in [0.29, 0.717) is 18.5 Å². The molecule has 1 fully saturated rings. The first kappa shape index (κ1) is 16.2. The molecule has 2 heterocycles. The third kappa shape index (κ3) is 3.48.